The summed E-state index contributed by atoms with van der Waals surface area (Å²) in [5.74, 6) is -0.0723. The van der Waals surface area contributed by atoms with Gasteiger partial charge in [-0.15, -0.1) is 0 Å². The van der Waals surface area contributed by atoms with E-state index >= 15 is 0 Å². The van der Waals surface area contributed by atoms with Crippen molar-refractivity contribution in [2.45, 2.75) is 31.5 Å². The molecule has 0 saturated heterocycles. The molecule has 1 N–H and O–H groups in total. The number of imidazole rings is 1. The van der Waals surface area contributed by atoms with Crippen LogP contribution in [-0.4, -0.2) is 50.4 Å². The van der Waals surface area contributed by atoms with Gasteiger partial charge in [-0.05, 0) is 51.3 Å². The number of carbonyl (C=O) groups is 1. The van der Waals surface area contributed by atoms with Crippen LogP contribution in [0.3, 0.4) is 0 Å². The van der Waals surface area contributed by atoms with E-state index in [1.807, 2.05) is 48.2 Å². The van der Waals surface area contributed by atoms with Crippen LogP contribution in [0.2, 0.25) is 0 Å². The maximum absolute atomic E-state index is 12.6. The summed E-state index contributed by atoms with van der Waals surface area (Å²) in [6.45, 7) is 6.18. The zero-order valence-electron chi connectivity index (χ0n) is 14.0. The fourth-order valence-electron chi connectivity index (χ4n) is 2.38. The van der Waals surface area contributed by atoms with Gasteiger partial charge in [0.1, 0.15) is 0 Å². The third-order valence-electron chi connectivity index (χ3n) is 3.43. The second kappa shape index (κ2) is 7.19. The van der Waals surface area contributed by atoms with Gasteiger partial charge in [0.2, 0.25) is 0 Å². The Morgan fingerprint density at radius 3 is 2.52 bits per heavy atom. The largest absolute Gasteiger partial charge is 0.389 e. The molecule has 0 fully saturated rings. The van der Waals surface area contributed by atoms with Crippen molar-refractivity contribution >= 4 is 17.7 Å². The number of hydrogen-bond donors (Lipinski definition) is 1. The minimum Gasteiger partial charge on any atom is -0.389 e. The van der Waals surface area contributed by atoms with Gasteiger partial charge in [-0.3, -0.25) is 9.36 Å². The fraction of sp³-hybridized carbons (Fsp3) is 0.412. The summed E-state index contributed by atoms with van der Waals surface area (Å²) in [7, 11) is 0. The summed E-state index contributed by atoms with van der Waals surface area (Å²) in [6, 6.07) is 7.45. The molecular formula is C17H23N3O2S. The van der Waals surface area contributed by atoms with Crippen molar-refractivity contribution in [3.63, 3.8) is 0 Å². The van der Waals surface area contributed by atoms with E-state index in [1.165, 1.54) is 0 Å². The van der Waals surface area contributed by atoms with E-state index < -0.39 is 5.60 Å². The summed E-state index contributed by atoms with van der Waals surface area (Å²) in [5.41, 5.74) is 0.676. The molecular weight excluding hydrogens is 310 g/mol. The van der Waals surface area contributed by atoms with E-state index in [0.717, 1.165) is 10.8 Å². The third kappa shape index (κ3) is 4.36. The minimum absolute atomic E-state index is 0.0723. The average molecular weight is 333 g/mol. The minimum atomic E-state index is -0.907. The van der Waals surface area contributed by atoms with Crippen LogP contribution >= 0.6 is 11.8 Å². The molecule has 0 saturated carbocycles. The highest BCUT2D eigenvalue weighted by Gasteiger charge is 2.22. The first-order valence-electron chi connectivity index (χ1n) is 7.55. The standard InChI is InChI=1S/C17H23N3O2S/c1-5-19(12-17(2,3)22)15(21)13-6-8-14(9-7-13)20-11-10-18-16(20)23-4/h6-11,22H,5,12H2,1-4H3. The predicted molar refractivity (Wildman–Crippen MR) is 93.2 cm³/mol. The van der Waals surface area contributed by atoms with E-state index in [1.54, 1.807) is 36.7 Å². The molecule has 2 aromatic rings. The second-order valence-electron chi connectivity index (χ2n) is 5.96. The first-order chi connectivity index (χ1) is 10.9. The molecule has 124 valence electrons. The van der Waals surface area contributed by atoms with Crippen LogP contribution in [0, 0.1) is 0 Å². The van der Waals surface area contributed by atoms with Gasteiger partial charge in [0.05, 0.1) is 5.60 Å². The lowest BCUT2D eigenvalue weighted by Crippen LogP contribution is -2.42. The maximum Gasteiger partial charge on any atom is 0.253 e. The first kappa shape index (κ1) is 17.6. The Morgan fingerprint density at radius 1 is 1.35 bits per heavy atom. The van der Waals surface area contributed by atoms with Gasteiger partial charge in [0.25, 0.3) is 5.91 Å². The number of aliphatic hydroxyl groups is 1. The topological polar surface area (TPSA) is 58.4 Å². The molecule has 1 aromatic carbocycles. The molecule has 0 aliphatic rings. The van der Waals surface area contributed by atoms with Crippen LogP contribution in [0.5, 0.6) is 0 Å². The smallest absolute Gasteiger partial charge is 0.253 e. The summed E-state index contributed by atoms with van der Waals surface area (Å²) in [6.07, 6.45) is 5.63. The Hall–Kier alpha value is -1.79. The molecule has 0 bridgehead atoms. The van der Waals surface area contributed by atoms with Crippen molar-refractivity contribution in [3.8, 4) is 5.69 Å². The molecule has 0 aliphatic heterocycles. The van der Waals surface area contributed by atoms with Crippen LogP contribution in [-0.2, 0) is 0 Å². The number of nitrogens with zero attached hydrogens (tertiary/aromatic N) is 3. The van der Waals surface area contributed by atoms with E-state index in [2.05, 4.69) is 4.98 Å². The van der Waals surface area contributed by atoms with E-state index in [9.17, 15) is 9.90 Å². The number of hydrogen-bond acceptors (Lipinski definition) is 4. The molecule has 23 heavy (non-hydrogen) atoms. The number of rotatable bonds is 6. The number of aromatic nitrogens is 2. The summed E-state index contributed by atoms with van der Waals surface area (Å²) < 4.78 is 1.98. The molecule has 0 atom stereocenters. The normalized spacial score (nSPS) is 11.5. The lowest BCUT2D eigenvalue weighted by Gasteiger charge is -2.28. The van der Waals surface area contributed by atoms with Gasteiger partial charge >= 0.3 is 0 Å². The van der Waals surface area contributed by atoms with Crippen LogP contribution in [0.1, 0.15) is 31.1 Å². The van der Waals surface area contributed by atoms with Crippen LogP contribution < -0.4 is 0 Å². The monoisotopic (exact) mass is 333 g/mol. The predicted octanol–water partition coefficient (Wildman–Crippen LogP) is 2.83. The summed E-state index contributed by atoms with van der Waals surface area (Å²) >= 11 is 1.57. The molecule has 0 spiro atoms. The zero-order chi connectivity index (χ0) is 17.0. The van der Waals surface area contributed by atoms with Crippen molar-refractivity contribution in [3.05, 3.63) is 42.2 Å². The molecule has 2 rings (SSSR count). The van der Waals surface area contributed by atoms with E-state index in [-0.39, 0.29) is 5.91 Å². The van der Waals surface area contributed by atoms with Crippen molar-refractivity contribution < 1.29 is 9.90 Å². The number of thioether (sulfide) groups is 1. The van der Waals surface area contributed by atoms with Gasteiger partial charge in [-0.2, -0.15) is 0 Å². The molecule has 0 radical (unpaired) electrons. The lowest BCUT2D eigenvalue weighted by atomic mass is 10.1. The third-order valence-corrected chi connectivity index (χ3v) is 4.10. The Labute approximate surface area is 141 Å². The molecule has 0 aliphatic carbocycles. The number of amides is 1. The average Bonchev–Trinajstić information content (AvgIpc) is 2.99. The molecule has 1 amide bonds. The maximum atomic E-state index is 12.6. The Bertz CT molecular complexity index is 659. The molecule has 0 unspecified atom stereocenters. The zero-order valence-corrected chi connectivity index (χ0v) is 14.8. The fourth-order valence-corrected chi connectivity index (χ4v) is 2.91. The highest BCUT2D eigenvalue weighted by molar-refractivity contribution is 7.98. The van der Waals surface area contributed by atoms with Crippen molar-refractivity contribution in [1.29, 1.82) is 0 Å². The van der Waals surface area contributed by atoms with Crippen molar-refractivity contribution in [2.75, 3.05) is 19.3 Å². The van der Waals surface area contributed by atoms with Crippen LogP contribution in [0.25, 0.3) is 5.69 Å². The van der Waals surface area contributed by atoms with Crippen LogP contribution in [0.15, 0.2) is 41.8 Å². The van der Waals surface area contributed by atoms with Gasteiger partial charge in [0, 0.05) is 36.7 Å². The summed E-state index contributed by atoms with van der Waals surface area (Å²) in [5, 5.41) is 10.8. The van der Waals surface area contributed by atoms with Gasteiger partial charge in [-0.1, -0.05) is 11.8 Å². The Balaban J connectivity index is 2.20. The van der Waals surface area contributed by atoms with E-state index in [0.29, 0.717) is 18.7 Å². The van der Waals surface area contributed by atoms with Gasteiger partial charge in [0.15, 0.2) is 5.16 Å². The quantitative estimate of drug-likeness (QED) is 0.826. The highest BCUT2D eigenvalue weighted by atomic mass is 32.2. The Morgan fingerprint density at radius 2 is 2.00 bits per heavy atom. The molecule has 1 heterocycles. The first-order valence-corrected chi connectivity index (χ1v) is 8.77. The number of likely N-dealkylation sites (N-methyl/N-ethyl adjacent to an activating group) is 1. The molecule has 5 nitrogen and oxygen atoms in total. The van der Waals surface area contributed by atoms with Crippen molar-refractivity contribution in [2.24, 2.45) is 0 Å². The lowest BCUT2D eigenvalue weighted by molar-refractivity contribution is 0.0314. The SMILES string of the molecule is CCN(CC(C)(C)O)C(=O)c1ccc(-n2ccnc2SC)cc1. The molecule has 6 heteroatoms. The summed E-state index contributed by atoms with van der Waals surface area (Å²) in [4.78, 5) is 18.5. The Kier molecular flexibility index (Phi) is 5.49. The highest BCUT2D eigenvalue weighted by Crippen LogP contribution is 2.19. The van der Waals surface area contributed by atoms with Gasteiger partial charge in [-0.25, -0.2) is 4.98 Å². The van der Waals surface area contributed by atoms with Gasteiger partial charge < -0.3 is 10.0 Å². The van der Waals surface area contributed by atoms with Crippen LogP contribution in [0.4, 0.5) is 0 Å². The molecule has 1 aromatic heterocycles. The second-order valence-corrected chi connectivity index (χ2v) is 6.74. The van der Waals surface area contributed by atoms with Crippen molar-refractivity contribution in [1.82, 2.24) is 14.5 Å². The number of benzene rings is 1. The number of carbonyl (C=O) groups excluding carboxylic acids is 1. The van der Waals surface area contributed by atoms with E-state index in [4.69, 9.17) is 0 Å².